The van der Waals surface area contributed by atoms with Gasteiger partial charge in [0.05, 0.1) is 0 Å². The maximum atomic E-state index is 12.8. The minimum atomic E-state index is -1.95. The monoisotopic (exact) mass is 572 g/mol. The third-order valence-electron chi connectivity index (χ3n) is 6.83. The van der Waals surface area contributed by atoms with E-state index in [1.165, 1.54) is 42.1 Å². The third kappa shape index (κ3) is 2.64. The summed E-state index contributed by atoms with van der Waals surface area (Å²) in [7, 11) is -0.254. The quantitative estimate of drug-likeness (QED) is 0.275. The minimum absolute atomic E-state index is 0.162. The third-order valence-corrected chi connectivity index (χ3v) is 12.7. The van der Waals surface area contributed by atoms with Crippen LogP contribution in [0, 0.1) is 5.92 Å². The van der Waals surface area contributed by atoms with Gasteiger partial charge in [0.1, 0.15) is 0 Å². The van der Waals surface area contributed by atoms with Crippen LogP contribution in [0.4, 0.5) is 0 Å². The van der Waals surface area contributed by atoms with E-state index in [2.05, 4.69) is 71.2 Å². The first kappa shape index (κ1) is 20.4. The molecule has 2 amide bonds. The van der Waals surface area contributed by atoms with Crippen molar-refractivity contribution in [2.24, 2.45) is 10.9 Å². The van der Waals surface area contributed by atoms with Gasteiger partial charge in [-0.3, -0.25) is 0 Å². The number of nitrogens with zero attached hydrogens (tertiary/aromatic N) is 3. The number of thiophene rings is 1. The van der Waals surface area contributed by atoms with Crippen LogP contribution in [0.3, 0.4) is 0 Å². The van der Waals surface area contributed by atoms with Crippen LogP contribution in [0.1, 0.15) is 4.88 Å². The van der Waals surface area contributed by atoms with E-state index in [1.54, 1.807) is 40.7 Å². The zero-order valence-electron chi connectivity index (χ0n) is 17.9. The number of hydrogen-bond donors (Lipinski definition) is 0. The Morgan fingerprint density at radius 3 is 2.62 bits per heavy atom. The molecule has 1 radical (unpaired) electrons. The van der Waals surface area contributed by atoms with E-state index in [9.17, 15) is 9.59 Å². The fourth-order valence-electron chi connectivity index (χ4n) is 5.08. The molecule has 8 heteroatoms. The Morgan fingerprint density at radius 1 is 1.06 bits per heavy atom. The van der Waals surface area contributed by atoms with Crippen LogP contribution >= 0.6 is 11.3 Å². The molecule has 4 aromatic rings. The SMILES string of the molecule is CN1C(=O)C(Cc2cc3c(s2)-n2c4ccccc4c4cccc(c42)[Si]3(C)C)C(=O)N=C1[Te]. The zero-order valence-corrected chi connectivity index (χ0v) is 22.0. The van der Waals surface area contributed by atoms with E-state index in [-0.39, 0.29) is 11.8 Å². The Balaban J connectivity index is 1.55. The summed E-state index contributed by atoms with van der Waals surface area (Å²) in [4.78, 5) is 32.1. The molecule has 0 N–H and O–H groups in total. The normalized spacial score (nSPS) is 19.5. The zero-order chi connectivity index (χ0) is 22.4. The molecule has 1 atom stereocenters. The fourth-order valence-corrected chi connectivity index (χ4v) is 10.6. The second kappa shape index (κ2) is 6.88. The molecule has 2 aliphatic heterocycles. The van der Waals surface area contributed by atoms with E-state index in [1.807, 2.05) is 0 Å². The summed E-state index contributed by atoms with van der Waals surface area (Å²) in [5.74, 6) is -1.22. The van der Waals surface area contributed by atoms with E-state index >= 15 is 0 Å². The van der Waals surface area contributed by atoms with Gasteiger partial charge in [-0.15, -0.1) is 0 Å². The number of amidine groups is 1. The van der Waals surface area contributed by atoms with E-state index < -0.39 is 14.0 Å². The molecule has 0 bridgehead atoms. The Hall–Kier alpha value is -2.24. The number of carbonyl (C=O) groups is 2. The van der Waals surface area contributed by atoms with Gasteiger partial charge < -0.3 is 0 Å². The molecule has 0 aliphatic carbocycles. The molecule has 1 unspecified atom stereocenters. The van der Waals surface area contributed by atoms with Crippen molar-refractivity contribution in [2.45, 2.75) is 19.5 Å². The molecular formula is C24H20N3O2SSiTe. The average molecular weight is 570 g/mol. The van der Waals surface area contributed by atoms with Crippen molar-refractivity contribution in [2.75, 3.05) is 7.05 Å². The van der Waals surface area contributed by atoms with Crippen molar-refractivity contribution >= 4 is 89.6 Å². The second-order valence-electron chi connectivity index (χ2n) is 9.00. The van der Waals surface area contributed by atoms with Crippen LogP contribution in [0.2, 0.25) is 13.1 Å². The summed E-state index contributed by atoms with van der Waals surface area (Å²) in [6.07, 6.45) is 0.404. The van der Waals surface area contributed by atoms with Crippen molar-refractivity contribution in [1.29, 1.82) is 0 Å². The number of carbonyl (C=O) groups excluding carboxylic acids is 2. The van der Waals surface area contributed by atoms with E-state index in [0.717, 1.165) is 4.88 Å². The molecule has 2 aliphatic rings. The molecule has 4 heterocycles. The summed E-state index contributed by atoms with van der Waals surface area (Å²) in [5, 5.41) is 6.62. The Morgan fingerprint density at radius 2 is 1.81 bits per heavy atom. The standard InChI is InChI=1S/C24H20N3O2SSiTe/c1-26-22(29)16(21(28)25-24(26)32)11-13-12-19-23(30-13)27-17-9-5-4-7-14(17)15-8-6-10-18(20(15)27)31(19,2)3/h4-10,12,16H,11H2,1-3H3. The van der Waals surface area contributed by atoms with Crippen LogP contribution in [-0.2, 0) is 16.0 Å². The van der Waals surface area contributed by atoms with Crippen molar-refractivity contribution in [3.8, 4) is 5.00 Å². The second-order valence-corrected chi connectivity index (χ2v) is 15.5. The number of amides is 2. The first-order valence-corrected chi connectivity index (χ1v) is 15.5. The summed E-state index contributed by atoms with van der Waals surface area (Å²) in [5.41, 5.74) is 2.52. The summed E-state index contributed by atoms with van der Waals surface area (Å²) < 4.78 is 2.88. The number of fused-ring (bicyclic) bond motifs is 5. The molecule has 0 saturated carbocycles. The van der Waals surface area contributed by atoms with E-state index in [0.29, 0.717) is 10.3 Å². The van der Waals surface area contributed by atoms with Crippen LogP contribution < -0.4 is 10.4 Å². The number of para-hydroxylation sites is 2. The van der Waals surface area contributed by atoms with Crippen LogP contribution in [0.5, 0.6) is 0 Å². The fraction of sp³-hybridized carbons (Fsp3) is 0.208. The van der Waals surface area contributed by atoms with Crippen molar-refractivity contribution < 1.29 is 9.59 Å². The van der Waals surface area contributed by atoms with Gasteiger partial charge in [0, 0.05) is 0 Å². The molecule has 5 nitrogen and oxygen atoms in total. The molecule has 2 aromatic heterocycles. The van der Waals surface area contributed by atoms with Gasteiger partial charge in [-0.1, -0.05) is 6.07 Å². The van der Waals surface area contributed by atoms with Gasteiger partial charge in [0.25, 0.3) is 0 Å². The van der Waals surface area contributed by atoms with Crippen molar-refractivity contribution in [3.05, 3.63) is 53.4 Å². The summed E-state index contributed by atoms with van der Waals surface area (Å²) in [6.45, 7) is 4.80. The van der Waals surface area contributed by atoms with Gasteiger partial charge in [-0.2, -0.15) is 0 Å². The van der Waals surface area contributed by atoms with Crippen LogP contribution in [0.25, 0.3) is 26.8 Å². The predicted octanol–water partition coefficient (Wildman–Crippen LogP) is 2.66. The number of aromatic nitrogens is 1. The predicted molar refractivity (Wildman–Crippen MR) is 134 cm³/mol. The molecule has 0 spiro atoms. The summed E-state index contributed by atoms with van der Waals surface area (Å²) in [6, 6.07) is 17.5. The number of hydrogen-bond acceptors (Lipinski definition) is 3. The maximum absolute atomic E-state index is 12.8. The number of aliphatic imine (C=N–C) groups is 1. The van der Waals surface area contributed by atoms with Crippen molar-refractivity contribution in [3.63, 3.8) is 0 Å². The Labute approximate surface area is 203 Å². The van der Waals surface area contributed by atoms with E-state index in [4.69, 9.17) is 0 Å². The Kier molecular flexibility index (Phi) is 4.38. The topological polar surface area (TPSA) is 54.7 Å². The molecule has 0 saturated heterocycles. The summed E-state index contributed by atoms with van der Waals surface area (Å²) >= 11 is 3.34. The molecule has 0 fully saturated rings. The molecule has 32 heavy (non-hydrogen) atoms. The van der Waals surface area contributed by atoms with Gasteiger partial charge in [-0.05, 0) is 0 Å². The first-order chi connectivity index (χ1) is 15.3. The van der Waals surface area contributed by atoms with Crippen LogP contribution in [-0.4, -0.2) is 62.6 Å². The van der Waals surface area contributed by atoms with Gasteiger partial charge in [-0.25, -0.2) is 0 Å². The Bertz CT molecular complexity index is 1520. The number of benzene rings is 2. The van der Waals surface area contributed by atoms with Gasteiger partial charge >= 0.3 is 198 Å². The van der Waals surface area contributed by atoms with Gasteiger partial charge in [0.2, 0.25) is 0 Å². The molecule has 159 valence electrons. The number of rotatable bonds is 2. The van der Waals surface area contributed by atoms with Gasteiger partial charge in [0.15, 0.2) is 0 Å². The molecule has 6 rings (SSSR count). The van der Waals surface area contributed by atoms with Crippen molar-refractivity contribution in [1.82, 2.24) is 9.47 Å². The molecular weight excluding hydrogens is 550 g/mol. The molecule has 2 aromatic carbocycles. The first-order valence-electron chi connectivity index (χ1n) is 10.5. The van der Waals surface area contributed by atoms with Crippen LogP contribution in [0.15, 0.2) is 53.5 Å². The average Bonchev–Trinajstić information content (AvgIpc) is 3.34.